The molecule has 1 aliphatic heterocycles. The number of fused-ring (bicyclic) bond motifs is 1. The molecule has 6 nitrogen and oxygen atoms in total. The van der Waals surface area contributed by atoms with E-state index < -0.39 is 0 Å². The standard InChI is InChI=1S/C12H15N5OS/c1-6-5-7-9(16-12(13)17-11(7)19-6)15-8-3-2-4-14-10(8)18/h5,8H,2-4H2,1H3,(H,14,18)(H3,13,15,16,17). The second-order valence-corrected chi connectivity index (χ2v) is 5.87. The van der Waals surface area contributed by atoms with Crippen LogP contribution in [0.2, 0.25) is 0 Å². The van der Waals surface area contributed by atoms with Crippen LogP contribution in [0.1, 0.15) is 17.7 Å². The Balaban J connectivity index is 1.97. The first kappa shape index (κ1) is 12.2. The smallest absolute Gasteiger partial charge is 0.242 e. The first-order valence-electron chi connectivity index (χ1n) is 6.21. The highest BCUT2D eigenvalue weighted by molar-refractivity contribution is 7.18. The summed E-state index contributed by atoms with van der Waals surface area (Å²) in [6.45, 7) is 2.76. The van der Waals surface area contributed by atoms with Crippen molar-refractivity contribution in [3.8, 4) is 0 Å². The molecule has 0 radical (unpaired) electrons. The zero-order chi connectivity index (χ0) is 13.4. The van der Waals surface area contributed by atoms with Crippen LogP contribution in [0.5, 0.6) is 0 Å². The number of piperidine rings is 1. The van der Waals surface area contributed by atoms with E-state index in [1.54, 1.807) is 11.3 Å². The van der Waals surface area contributed by atoms with Gasteiger partial charge in [-0.05, 0) is 25.8 Å². The first-order valence-corrected chi connectivity index (χ1v) is 7.03. The number of hydrogen-bond acceptors (Lipinski definition) is 6. The van der Waals surface area contributed by atoms with Crippen LogP contribution in [-0.2, 0) is 4.79 Å². The zero-order valence-corrected chi connectivity index (χ0v) is 11.4. The van der Waals surface area contributed by atoms with Crippen LogP contribution in [0.3, 0.4) is 0 Å². The van der Waals surface area contributed by atoms with Crippen molar-refractivity contribution >= 4 is 39.2 Å². The average Bonchev–Trinajstić information content (AvgIpc) is 2.72. The minimum atomic E-state index is -0.244. The molecule has 1 aliphatic rings. The van der Waals surface area contributed by atoms with E-state index in [1.807, 2.05) is 13.0 Å². The Bertz CT molecular complexity index is 638. The second kappa shape index (κ2) is 4.65. The fourth-order valence-electron chi connectivity index (χ4n) is 2.24. The number of carbonyl (C=O) groups excluding carboxylic acids is 1. The monoisotopic (exact) mass is 277 g/mol. The van der Waals surface area contributed by atoms with Gasteiger partial charge in [-0.15, -0.1) is 11.3 Å². The number of nitrogens with one attached hydrogen (secondary N) is 2. The van der Waals surface area contributed by atoms with E-state index in [0.717, 1.165) is 34.5 Å². The Kier molecular flexibility index (Phi) is 2.98. The molecule has 0 aliphatic carbocycles. The van der Waals surface area contributed by atoms with Crippen LogP contribution in [-0.4, -0.2) is 28.5 Å². The SMILES string of the molecule is Cc1cc2c(NC3CCCNC3=O)nc(N)nc2s1. The fraction of sp³-hybridized carbons (Fsp3) is 0.417. The molecular weight excluding hydrogens is 262 g/mol. The van der Waals surface area contributed by atoms with Crippen LogP contribution in [0, 0.1) is 6.92 Å². The van der Waals surface area contributed by atoms with E-state index in [-0.39, 0.29) is 17.9 Å². The molecule has 100 valence electrons. The van der Waals surface area contributed by atoms with Gasteiger partial charge in [-0.3, -0.25) is 4.79 Å². The van der Waals surface area contributed by atoms with Gasteiger partial charge >= 0.3 is 0 Å². The molecule has 0 spiro atoms. The maximum Gasteiger partial charge on any atom is 0.242 e. The zero-order valence-electron chi connectivity index (χ0n) is 10.6. The molecule has 2 aromatic rings. The van der Waals surface area contributed by atoms with E-state index in [9.17, 15) is 4.79 Å². The van der Waals surface area contributed by atoms with Crippen LogP contribution in [0.15, 0.2) is 6.07 Å². The lowest BCUT2D eigenvalue weighted by Crippen LogP contribution is -2.44. The number of thiophene rings is 1. The summed E-state index contributed by atoms with van der Waals surface area (Å²) in [6.07, 6.45) is 1.77. The van der Waals surface area contributed by atoms with Gasteiger partial charge in [0.05, 0.1) is 5.39 Å². The molecule has 1 atom stereocenters. The molecule has 7 heteroatoms. The number of aromatic nitrogens is 2. The predicted octanol–water partition coefficient (Wildman–Crippen LogP) is 1.27. The lowest BCUT2D eigenvalue weighted by atomic mass is 10.1. The van der Waals surface area contributed by atoms with Crippen molar-refractivity contribution in [2.75, 3.05) is 17.6 Å². The van der Waals surface area contributed by atoms with Crippen molar-refractivity contribution in [1.29, 1.82) is 0 Å². The van der Waals surface area contributed by atoms with Crippen LogP contribution < -0.4 is 16.4 Å². The highest BCUT2D eigenvalue weighted by Crippen LogP contribution is 2.29. The molecular formula is C12H15N5OS. The topological polar surface area (TPSA) is 92.9 Å². The van der Waals surface area contributed by atoms with Crippen molar-refractivity contribution in [3.63, 3.8) is 0 Å². The summed E-state index contributed by atoms with van der Waals surface area (Å²) in [5.41, 5.74) is 5.72. The van der Waals surface area contributed by atoms with Crippen molar-refractivity contribution < 1.29 is 4.79 Å². The molecule has 0 bridgehead atoms. The Morgan fingerprint density at radius 1 is 1.53 bits per heavy atom. The fourth-order valence-corrected chi connectivity index (χ4v) is 3.13. The number of nitrogen functional groups attached to an aromatic ring is 1. The second-order valence-electron chi connectivity index (χ2n) is 4.64. The average molecular weight is 277 g/mol. The summed E-state index contributed by atoms with van der Waals surface area (Å²) in [5, 5.41) is 6.96. The van der Waals surface area contributed by atoms with Crippen molar-refractivity contribution in [3.05, 3.63) is 10.9 Å². The highest BCUT2D eigenvalue weighted by atomic mass is 32.1. The third-order valence-electron chi connectivity index (χ3n) is 3.13. The maximum absolute atomic E-state index is 11.8. The molecule has 3 rings (SSSR count). The molecule has 2 aromatic heterocycles. The Morgan fingerprint density at radius 2 is 2.37 bits per heavy atom. The summed E-state index contributed by atoms with van der Waals surface area (Å²) in [7, 11) is 0. The Labute approximate surface area is 114 Å². The third kappa shape index (κ3) is 2.33. The van der Waals surface area contributed by atoms with Crippen LogP contribution >= 0.6 is 11.3 Å². The van der Waals surface area contributed by atoms with Gasteiger partial charge < -0.3 is 16.4 Å². The maximum atomic E-state index is 11.8. The quantitative estimate of drug-likeness (QED) is 0.768. The number of aryl methyl sites for hydroxylation is 1. The summed E-state index contributed by atoms with van der Waals surface area (Å²) in [4.78, 5) is 22.2. The van der Waals surface area contributed by atoms with Crippen LogP contribution in [0.4, 0.5) is 11.8 Å². The van der Waals surface area contributed by atoms with E-state index >= 15 is 0 Å². The number of carbonyl (C=O) groups is 1. The van der Waals surface area contributed by atoms with Crippen molar-refractivity contribution in [2.24, 2.45) is 0 Å². The molecule has 1 fully saturated rings. The minimum Gasteiger partial charge on any atom is -0.368 e. The Morgan fingerprint density at radius 3 is 3.16 bits per heavy atom. The highest BCUT2D eigenvalue weighted by Gasteiger charge is 2.23. The number of nitrogens with two attached hydrogens (primary N) is 1. The van der Waals surface area contributed by atoms with Crippen molar-refractivity contribution in [2.45, 2.75) is 25.8 Å². The number of amides is 1. The van der Waals surface area contributed by atoms with Gasteiger partial charge in [-0.1, -0.05) is 0 Å². The summed E-state index contributed by atoms with van der Waals surface area (Å²) < 4.78 is 0. The molecule has 3 heterocycles. The molecule has 0 saturated carbocycles. The minimum absolute atomic E-state index is 0.0172. The van der Waals surface area contributed by atoms with Gasteiger partial charge in [0, 0.05) is 11.4 Å². The van der Waals surface area contributed by atoms with E-state index in [1.165, 1.54) is 0 Å². The lowest BCUT2D eigenvalue weighted by Gasteiger charge is -2.23. The number of anilines is 2. The van der Waals surface area contributed by atoms with Crippen molar-refractivity contribution in [1.82, 2.24) is 15.3 Å². The molecule has 1 saturated heterocycles. The van der Waals surface area contributed by atoms with E-state index in [4.69, 9.17) is 5.73 Å². The van der Waals surface area contributed by atoms with Gasteiger partial charge in [-0.25, -0.2) is 4.98 Å². The lowest BCUT2D eigenvalue weighted by molar-refractivity contribution is -0.123. The summed E-state index contributed by atoms with van der Waals surface area (Å²) in [6, 6.07) is 1.77. The van der Waals surface area contributed by atoms with Crippen LogP contribution in [0.25, 0.3) is 10.2 Å². The first-order chi connectivity index (χ1) is 9.13. The molecule has 19 heavy (non-hydrogen) atoms. The Hall–Kier alpha value is -1.89. The number of rotatable bonds is 2. The number of hydrogen-bond donors (Lipinski definition) is 3. The van der Waals surface area contributed by atoms with Gasteiger partial charge in [0.25, 0.3) is 0 Å². The molecule has 0 aromatic carbocycles. The van der Waals surface area contributed by atoms with Gasteiger partial charge in [0.1, 0.15) is 16.7 Å². The predicted molar refractivity (Wildman–Crippen MR) is 76.2 cm³/mol. The van der Waals surface area contributed by atoms with E-state index in [2.05, 4.69) is 20.6 Å². The molecule has 1 amide bonds. The largest absolute Gasteiger partial charge is 0.368 e. The van der Waals surface area contributed by atoms with Gasteiger partial charge in [0.15, 0.2) is 0 Å². The normalized spacial score (nSPS) is 19.4. The number of nitrogens with zero attached hydrogens (tertiary/aromatic N) is 2. The summed E-state index contributed by atoms with van der Waals surface area (Å²) in [5.74, 6) is 0.894. The van der Waals surface area contributed by atoms with Gasteiger partial charge in [0.2, 0.25) is 11.9 Å². The van der Waals surface area contributed by atoms with E-state index in [0.29, 0.717) is 5.82 Å². The molecule has 1 unspecified atom stereocenters. The molecule has 4 N–H and O–H groups in total. The van der Waals surface area contributed by atoms with Gasteiger partial charge in [-0.2, -0.15) is 4.98 Å². The third-order valence-corrected chi connectivity index (χ3v) is 4.07. The summed E-state index contributed by atoms with van der Waals surface area (Å²) >= 11 is 1.57.